The van der Waals surface area contributed by atoms with Crippen molar-refractivity contribution < 1.29 is 18.6 Å². The number of halogens is 2. The number of hydrogen-bond acceptors (Lipinski definition) is 3. The van der Waals surface area contributed by atoms with E-state index in [2.05, 4.69) is 9.72 Å². The van der Waals surface area contributed by atoms with Crippen molar-refractivity contribution in [2.24, 2.45) is 0 Å². The Hall–Kier alpha value is -2.01. The molecule has 0 aliphatic carbocycles. The maximum Gasteiger partial charge on any atom is 0.387 e. The number of aliphatic hydroxyl groups excluding tert-OH is 1. The number of alkyl halides is 2. The molecule has 2 rings (SSSR count). The second kappa shape index (κ2) is 5.55. The van der Waals surface area contributed by atoms with Gasteiger partial charge in [0.15, 0.2) is 0 Å². The van der Waals surface area contributed by atoms with E-state index in [9.17, 15) is 8.78 Å². The summed E-state index contributed by atoms with van der Waals surface area (Å²) in [5.41, 5.74) is 2.22. The first kappa shape index (κ1) is 12.4. The van der Waals surface area contributed by atoms with E-state index in [-0.39, 0.29) is 12.4 Å². The molecular formula is C13H11F2NO2. The quantitative estimate of drug-likeness (QED) is 0.908. The lowest BCUT2D eigenvalue weighted by molar-refractivity contribution is -0.0498. The Kier molecular flexibility index (Phi) is 3.84. The van der Waals surface area contributed by atoms with Gasteiger partial charge in [-0.2, -0.15) is 8.78 Å². The predicted molar refractivity (Wildman–Crippen MR) is 62.2 cm³/mol. The van der Waals surface area contributed by atoms with Crippen molar-refractivity contribution >= 4 is 0 Å². The van der Waals surface area contributed by atoms with E-state index >= 15 is 0 Å². The Labute approximate surface area is 103 Å². The number of ether oxygens (including phenoxy) is 1. The molecule has 1 N–H and O–H groups in total. The second-order valence-electron chi connectivity index (χ2n) is 3.61. The average molecular weight is 251 g/mol. The van der Waals surface area contributed by atoms with Crippen molar-refractivity contribution in [2.75, 3.05) is 0 Å². The van der Waals surface area contributed by atoms with Crippen LogP contribution in [0.2, 0.25) is 0 Å². The summed E-state index contributed by atoms with van der Waals surface area (Å²) in [7, 11) is 0. The molecule has 1 heterocycles. The fourth-order valence-corrected chi connectivity index (χ4v) is 1.50. The van der Waals surface area contributed by atoms with Gasteiger partial charge in [-0.25, -0.2) is 0 Å². The highest BCUT2D eigenvalue weighted by Crippen LogP contribution is 2.21. The first-order chi connectivity index (χ1) is 8.69. The summed E-state index contributed by atoms with van der Waals surface area (Å²) < 4.78 is 28.2. The summed E-state index contributed by atoms with van der Waals surface area (Å²) in [6.45, 7) is -2.88. The van der Waals surface area contributed by atoms with Crippen LogP contribution in [0.4, 0.5) is 8.78 Å². The molecule has 1 aromatic heterocycles. The molecule has 5 heteroatoms. The summed E-state index contributed by atoms with van der Waals surface area (Å²) in [5, 5.41) is 8.89. The Morgan fingerprint density at radius 2 is 1.83 bits per heavy atom. The van der Waals surface area contributed by atoms with Crippen molar-refractivity contribution in [2.45, 2.75) is 13.2 Å². The number of aliphatic hydroxyl groups is 1. The monoisotopic (exact) mass is 251 g/mol. The zero-order chi connectivity index (χ0) is 13.0. The van der Waals surface area contributed by atoms with E-state index in [0.717, 1.165) is 11.1 Å². The summed E-state index contributed by atoms with van der Waals surface area (Å²) in [5.74, 6) is 0.112. The van der Waals surface area contributed by atoms with E-state index < -0.39 is 6.61 Å². The molecule has 0 bridgehead atoms. The van der Waals surface area contributed by atoms with E-state index in [1.54, 1.807) is 30.5 Å². The lowest BCUT2D eigenvalue weighted by atomic mass is 10.1. The molecule has 1 aromatic carbocycles. The third-order valence-corrected chi connectivity index (χ3v) is 2.38. The van der Waals surface area contributed by atoms with Gasteiger partial charge in [-0.05, 0) is 35.9 Å². The fourth-order valence-electron chi connectivity index (χ4n) is 1.50. The van der Waals surface area contributed by atoms with Crippen molar-refractivity contribution in [3.8, 4) is 17.0 Å². The molecule has 0 saturated heterocycles. The van der Waals surface area contributed by atoms with Crippen LogP contribution in [0.5, 0.6) is 5.75 Å². The minimum absolute atomic E-state index is 0.0611. The maximum atomic E-state index is 12.0. The van der Waals surface area contributed by atoms with Crippen LogP contribution >= 0.6 is 0 Å². The zero-order valence-corrected chi connectivity index (χ0v) is 9.38. The highest BCUT2D eigenvalue weighted by atomic mass is 19.3. The second-order valence-corrected chi connectivity index (χ2v) is 3.61. The Balaban J connectivity index is 2.17. The van der Waals surface area contributed by atoms with Gasteiger partial charge in [-0.1, -0.05) is 6.07 Å². The number of pyridine rings is 1. The van der Waals surface area contributed by atoms with Crippen molar-refractivity contribution in [3.05, 3.63) is 48.2 Å². The molecule has 0 radical (unpaired) electrons. The standard InChI is InChI=1S/C13H11F2NO2/c14-13(15)18-11-4-2-10(3-5-11)12-6-1-9(8-17)7-16-12/h1-7,13,17H,8H2. The lowest BCUT2D eigenvalue weighted by Gasteiger charge is -2.06. The molecule has 18 heavy (non-hydrogen) atoms. The number of nitrogens with zero attached hydrogens (tertiary/aromatic N) is 1. The first-order valence-electron chi connectivity index (χ1n) is 5.30. The third-order valence-electron chi connectivity index (χ3n) is 2.38. The third kappa shape index (κ3) is 3.01. The molecular weight excluding hydrogens is 240 g/mol. The number of hydrogen-bond donors (Lipinski definition) is 1. The smallest absolute Gasteiger partial charge is 0.387 e. The van der Waals surface area contributed by atoms with Crippen molar-refractivity contribution in [1.29, 1.82) is 0 Å². The number of aromatic nitrogens is 1. The molecule has 0 amide bonds. The predicted octanol–water partition coefficient (Wildman–Crippen LogP) is 2.84. The summed E-state index contributed by atoms with van der Waals surface area (Å²) in [6.07, 6.45) is 1.57. The average Bonchev–Trinajstić information content (AvgIpc) is 2.39. The molecule has 0 atom stereocenters. The molecule has 3 nitrogen and oxygen atoms in total. The minimum Gasteiger partial charge on any atom is -0.435 e. The lowest BCUT2D eigenvalue weighted by Crippen LogP contribution is -2.01. The Bertz CT molecular complexity index is 497. The van der Waals surface area contributed by atoms with E-state index in [1.165, 1.54) is 12.1 Å². The molecule has 94 valence electrons. The molecule has 0 fully saturated rings. The molecule has 2 aromatic rings. The van der Waals surface area contributed by atoms with Crippen LogP contribution in [0.1, 0.15) is 5.56 Å². The zero-order valence-electron chi connectivity index (χ0n) is 9.38. The summed E-state index contributed by atoms with van der Waals surface area (Å²) in [4.78, 5) is 4.16. The first-order valence-corrected chi connectivity index (χ1v) is 5.30. The van der Waals surface area contributed by atoms with E-state index in [4.69, 9.17) is 5.11 Å². The van der Waals surface area contributed by atoms with Crippen LogP contribution in [0.3, 0.4) is 0 Å². The van der Waals surface area contributed by atoms with Crippen LogP contribution in [0.25, 0.3) is 11.3 Å². The van der Waals surface area contributed by atoms with Gasteiger partial charge in [0.2, 0.25) is 0 Å². The number of rotatable bonds is 4. The Morgan fingerprint density at radius 3 is 2.33 bits per heavy atom. The van der Waals surface area contributed by atoms with Crippen LogP contribution in [-0.4, -0.2) is 16.7 Å². The van der Waals surface area contributed by atoms with Crippen LogP contribution in [0, 0.1) is 0 Å². The van der Waals surface area contributed by atoms with Crippen LogP contribution in [-0.2, 0) is 6.61 Å². The SMILES string of the molecule is OCc1ccc(-c2ccc(OC(F)F)cc2)nc1. The van der Waals surface area contributed by atoms with Gasteiger partial charge >= 0.3 is 6.61 Å². The molecule has 0 aliphatic rings. The van der Waals surface area contributed by atoms with E-state index in [1.807, 2.05) is 0 Å². The van der Waals surface area contributed by atoms with Gasteiger partial charge < -0.3 is 9.84 Å². The van der Waals surface area contributed by atoms with Gasteiger partial charge in [0.1, 0.15) is 5.75 Å². The number of benzene rings is 1. The summed E-state index contributed by atoms with van der Waals surface area (Å²) >= 11 is 0. The normalized spacial score (nSPS) is 10.7. The van der Waals surface area contributed by atoms with Crippen LogP contribution in [0.15, 0.2) is 42.6 Å². The molecule has 0 unspecified atom stereocenters. The van der Waals surface area contributed by atoms with Gasteiger partial charge in [-0.15, -0.1) is 0 Å². The highest BCUT2D eigenvalue weighted by molar-refractivity contribution is 5.60. The largest absolute Gasteiger partial charge is 0.435 e. The van der Waals surface area contributed by atoms with Gasteiger partial charge in [0.25, 0.3) is 0 Å². The van der Waals surface area contributed by atoms with Gasteiger partial charge in [-0.3, -0.25) is 4.98 Å². The Morgan fingerprint density at radius 1 is 1.11 bits per heavy atom. The summed E-state index contributed by atoms with van der Waals surface area (Å²) in [6, 6.07) is 9.74. The molecule has 0 aliphatic heterocycles. The topological polar surface area (TPSA) is 42.4 Å². The van der Waals surface area contributed by atoms with Gasteiger partial charge in [0, 0.05) is 11.8 Å². The molecule has 0 saturated carbocycles. The molecule has 0 spiro atoms. The minimum atomic E-state index is -2.82. The maximum absolute atomic E-state index is 12.0. The van der Waals surface area contributed by atoms with Crippen LogP contribution < -0.4 is 4.74 Å². The fraction of sp³-hybridized carbons (Fsp3) is 0.154. The van der Waals surface area contributed by atoms with Crippen molar-refractivity contribution in [3.63, 3.8) is 0 Å². The van der Waals surface area contributed by atoms with Gasteiger partial charge in [0.05, 0.1) is 12.3 Å². The highest BCUT2D eigenvalue weighted by Gasteiger charge is 2.05. The van der Waals surface area contributed by atoms with E-state index in [0.29, 0.717) is 5.69 Å². The van der Waals surface area contributed by atoms with Crippen molar-refractivity contribution in [1.82, 2.24) is 4.98 Å².